The van der Waals surface area contributed by atoms with Crippen LogP contribution in [0.15, 0.2) is 60.7 Å². The summed E-state index contributed by atoms with van der Waals surface area (Å²) in [6.45, 7) is 0. The molecule has 110 valence electrons. The monoisotopic (exact) mass is 281 g/mol. The molecule has 1 saturated carbocycles. The summed E-state index contributed by atoms with van der Waals surface area (Å²) in [6.07, 6.45) is 3.71. The number of nitrogens with one attached hydrogen (secondary N) is 1. The van der Waals surface area contributed by atoms with E-state index in [-0.39, 0.29) is 0 Å². The maximum atomic E-state index is 5.38. The normalized spacial score (nSPS) is 22.5. The van der Waals surface area contributed by atoms with Crippen LogP contribution in [-0.4, -0.2) is 19.3 Å². The molecule has 1 atom stereocenters. The molecule has 1 aliphatic carbocycles. The summed E-state index contributed by atoms with van der Waals surface area (Å²) in [5.41, 5.74) is 2.74. The van der Waals surface area contributed by atoms with Crippen LogP contribution >= 0.6 is 0 Å². The highest BCUT2D eigenvalue weighted by atomic mass is 16.5. The maximum Gasteiger partial charge on any atom is 0.0601 e. The average Bonchev–Trinajstić information content (AvgIpc) is 2.51. The van der Waals surface area contributed by atoms with E-state index in [1.807, 2.05) is 0 Å². The third kappa shape index (κ3) is 3.72. The number of rotatable bonds is 6. The van der Waals surface area contributed by atoms with Crippen LogP contribution in [0.4, 0.5) is 0 Å². The van der Waals surface area contributed by atoms with Crippen molar-refractivity contribution in [3.63, 3.8) is 0 Å². The molecule has 3 rings (SSSR count). The standard InChI is InChI=1S/C19H23NO/c1-21-18-13-17(14-18)20-19(16-10-6-3-7-11-16)12-15-8-4-2-5-9-15/h2-11,17-20H,12-14H2,1H3. The van der Waals surface area contributed by atoms with E-state index in [1.165, 1.54) is 11.1 Å². The van der Waals surface area contributed by atoms with Crippen molar-refractivity contribution >= 4 is 0 Å². The van der Waals surface area contributed by atoms with Crippen molar-refractivity contribution in [1.29, 1.82) is 0 Å². The fourth-order valence-corrected chi connectivity index (χ4v) is 2.99. The van der Waals surface area contributed by atoms with Crippen molar-refractivity contribution in [2.24, 2.45) is 0 Å². The van der Waals surface area contributed by atoms with Crippen LogP contribution in [0, 0.1) is 0 Å². The minimum absolute atomic E-state index is 0.372. The zero-order valence-corrected chi connectivity index (χ0v) is 12.5. The van der Waals surface area contributed by atoms with Gasteiger partial charge in [0, 0.05) is 19.2 Å². The van der Waals surface area contributed by atoms with Gasteiger partial charge in [0.25, 0.3) is 0 Å². The lowest BCUT2D eigenvalue weighted by atomic mass is 9.87. The van der Waals surface area contributed by atoms with Gasteiger partial charge in [0.15, 0.2) is 0 Å². The molecule has 2 aromatic carbocycles. The van der Waals surface area contributed by atoms with E-state index in [2.05, 4.69) is 66.0 Å². The molecule has 2 heteroatoms. The SMILES string of the molecule is COC1CC(NC(Cc2ccccc2)c2ccccc2)C1. The highest BCUT2D eigenvalue weighted by molar-refractivity contribution is 5.24. The van der Waals surface area contributed by atoms with E-state index < -0.39 is 0 Å². The first-order valence-corrected chi connectivity index (χ1v) is 7.73. The van der Waals surface area contributed by atoms with Gasteiger partial charge in [-0.1, -0.05) is 60.7 Å². The Labute approximate surface area is 127 Å². The van der Waals surface area contributed by atoms with Crippen molar-refractivity contribution < 1.29 is 4.74 Å². The van der Waals surface area contributed by atoms with Gasteiger partial charge in [-0.2, -0.15) is 0 Å². The lowest BCUT2D eigenvalue weighted by Gasteiger charge is -2.37. The second-order valence-electron chi connectivity index (χ2n) is 5.85. The fraction of sp³-hybridized carbons (Fsp3) is 0.368. The Kier molecular flexibility index (Phi) is 4.69. The van der Waals surface area contributed by atoms with E-state index in [0.29, 0.717) is 18.2 Å². The second-order valence-corrected chi connectivity index (χ2v) is 5.85. The Bertz CT molecular complexity index is 534. The number of methoxy groups -OCH3 is 1. The van der Waals surface area contributed by atoms with Crippen LogP contribution in [0.1, 0.15) is 30.0 Å². The van der Waals surface area contributed by atoms with Gasteiger partial charge >= 0.3 is 0 Å². The van der Waals surface area contributed by atoms with E-state index in [4.69, 9.17) is 4.74 Å². The molecule has 1 aliphatic rings. The summed E-state index contributed by atoms with van der Waals surface area (Å²) < 4.78 is 5.38. The summed E-state index contributed by atoms with van der Waals surface area (Å²) in [5, 5.41) is 3.80. The van der Waals surface area contributed by atoms with Crippen LogP contribution in [-0.2, 0) is 11.2 Å². The topological polar surface area (TPSA) is 21.3 Å². The van der Waals surface area contributed by atoms with E-state index in [1.54, 1.807) is 7.11 Å². The fourth-order valence-electron chi connectivity index (χ4n) is 2.99. The predicted octanol–water partition coefficient (Wildman–Crippen LogP) is 3.74. The average molecular weight is 281 g/mol. The molecular formula is C19H23NO. The first-order chi connectivity index (χ1) is 10.3. The van der Waals surface area contributed by atoms with E-state index in [9.17, 15) is 0 Å². The molecule has 0 amide bonds. The quantitative estimate of drug-likeness (QED) is 0.871. The van der Waals surface area contributed by atoms with Crippen LogP contribution in [0.3, 0.4) is 0 Å². The highest BCUT2D eigenvalue weighted by Crippen LogP contribution is 2.27. The molecule has 0 heterocycles. The summed E-state index contributed by atoms with van der Waals surface area (Å²) >= 11 is 0. The van der Waals surface area contributed by atoms with Gasteiger partial charge < -0.3 is 10.1 Å². The lowest BCUT2D eigenvalue weighted by molar-refractivity contribution is 0.0141. The van der Waals surface area contributed by atoms with E-state index >= 15 is 0 Å². The predicted molar refractivity (Wildman–Crippen MR) is 86.3 cm³/mol. The minimum atomic E-state index is 0.372. The van der Waals surface area contributed by atoms with Gasteiger partial charge in [-0.3, -0.25) is 0 Å². The molecule has 21 heavy (non-hydrogen) atoms. The largest absolute Gasteiger partial charge is 0.381 e. The van der Waals surface area contributed by atoms with Gasteiger partial charge in [-0.05, 0) is 30.4 Å². The number of ether oxygens (including phenoxy) is 1. The number of benzene rings is 2. The molecule has 2 nitrogen and oxygen atoms in total. The maximum absolute atomic E-state index is 5.38. The summed E-state index contributed by atoms with van der Waals surface area (Å²) in [6, 6.07) is 22.4. The van der Waals surface area contributed by atoms with E-state index in [0.717, 1.165) is 19.3 Å². The molecule has 0 spiro atoms. The van der Waals surface area contributed by atoms with Gasteiger partial charge in [0.1, 0.15) is 0 Å². The Balaban J connectivity index is 1.69. The van der Waals surface area contributed by atoms with Crippen molar-refractivity contribution in [2.45, 2.75) is 37.5 Å². The summed E-state index contributed by atoms with van der Waals surface area (Å²) in [7, 11) is 1.81. The Morgan fingerprint density at radius 3 is 2.24 bits per heavy atom. The first kappa shape index (κ1) is 14.3. The molecule has 0 saturated heterocycles. The number of hydrogen-bond acceptors (Lipinski definition) is 2. The molecule has 1 fully saturated rings. The van der Waals surface area contributed by atoms with Crippen molar-refractivity contribution in [3.8, 4) is 0 Å². The Hall–Kier alpha value is -1.64. The van der Waals surface area contributed by atoms with Crippen LogP contribution in [0.2, 0.25) is 0 Å². The Morgan fingerprint density at radius 2 is 1.62 bits per heavy atom. The van der Waals surface area contributed by atoms with Crippen LogP contribution < -0.4 is 5.32 Å². The van der Waals surface area contributed by atoms with Gasteiger partial charge in [0.2, 0.25) is 0 Å². The third-order valence-corrected chi connectivity index (χ3v) is 4.35. The molecule has 0 radical (unpaired) electrons. The van der Waals surface area contributed by atoms with Gasteiger partial charge in [-0.25, -0.2) is 0 Å². The highest BCUT2D eigenvalue weighted by Gasteiger charge is 2.30. The Morgan fingerprint density at radius 1 is 1.00 bits per heavy atom. The first-order valence-electron chi connectivity index (χ1n) is 7.73. The van der Waals surface area contributed by atoms with Gasteiger partial charge in [0.05, 0.1) is 6.10 Å². The zero-order chi connectivity index (χ0) is 14.5. The molecule has 0 bridgehead atoms. The molecule has 1 unspecified atom stereocenters. The zero-order valence-electron chi connectivity index (χ0n) is 12.5. The summed E-state index contributed by atoms with van der Waals surface area (Å²) in [5.74, 6) is 0. The van der Waals surface area contributed by atoms with Crippen LogP contribution in [0.25, 0.3) is 0 Å². The minimum Gasteiger partial charge on any atom is -0.381 e. The van der Waals surface area contributed by atoms with Crippen LogP contribution in [0.5, 0.6) is 0 Å². The number of hydrogen-bond donors (Lipinski definition) is 1. The second kappa shape index (κ2) is 6.88. The van der Waals surface area contributed by atoms with Gasteiger partial charge in [-0.15, -0.1) is 0 Å². The van der Waals surface area contributed by atoms with Crippen molar-refractivity contribution in [1.82, 2.24) is 5.32 Å². The molecule has 2 aromatic rings. The molecule has 1 N–H and O–H groups in total. The molecule has 0 aromatic heterocycles. The lowest BCUT2D eigenvalue weighted by Crippen LogP contribution is -2.46. The molecule has 0 aliphatic heterocycles. The molecular weight excluding hydrogens is 258 g/mol. The van der Waals surface area contributed by atoms with Crippen molar-refractivity contribution in [2.75, 3.05) is 7.11 Å². The smallest absolute Gasteiger partial charge is 0.0601 e. The third-order valence-electron chi connectivity index (χ3n) is 4.35. The van der Waals surface area contributed by atoms with Crippen molar-refractivity contribution in [3.05, 3.63) is 71.8 Å². The summed E-state index contributed by atoms with van der Waals surface area (Å²) in [4.78, 5) is 0.